The Bertz CT molecular complexity index is 201. The first-order valence-corrected chi connectivity index (χ1v) is 6.57. The minimum atomic E-state index is 0.520. The molecule has 0 aromatic heterocycles. The van der Waals surface area contributed by atoms with E-state index in [1.54, 1.807) is 0 Å². The van der Waals surface area contributed by atoms with Crippen LogP contribution in [0.15, 0.2) is 24.4 Å². The van der Waals surface area contributed by atoms with E-state index in [-0.39, 0.29) is 0 Å². The van der Waals surface area contributed by atoms with E-state index < -0.39 is 0 Å². The van der Waals surface area contributed by atoms with Gasteiger partial charge in [0.1, 0.15) is 0 Å². The zero-order valence-corrected chi connectivity index (χ0v) is 11.6. The molecule has 0 radical (unpaired) electrons. The van der Waals surface area contributed by atoms with Gasteiger partial charge in [-0.2, -0.15) is 0 Å². The lowest BCUT2D eigenvalue weighted by molar-refractivity contribution is 0.332. The largest absolute Gasteiger partial charge is 0.386 e. The molecule has 0 rings (SSSR count). The summed E-state index contributed by atoms with van der Waals surface area (Å²) >= 11 is 0. The summed E-state index contributed by atoms with van der Waals surface area (Å²) < 4.78 is 0. The van der Waals surface area contributed by atoms with E-state index in [4.69, 9.17) is 0 Å². The first-order chi connectivity index (χ1) is 7.51. The second-order valence-corrected chi connectivity index (χ2v) is 5.00. The van der Waals surface area contributed by atoms with Gasteiger partial charge in [-0.1, -0.05) is 45.3 Å². The molecule has 0 saturated carbocycles. The van der Waals surface area contributed by atoms with E-state index in [9.17, 15) is 0 Å². The lowest BCUT2D eigenvalue weighted by Crippen LogP contribution is -2.35. The zero-order chi connectivity index (χ0) is 12.6. The summed E-state index contributed by atoms with van der Waals surface area (Å²) in [5.41, 5.74) is 2.33. The number of allylic oxidation sites excluding steroid dienone is 1. The van der Waals surface area contributed by atoms with Crippen LogP contribution in [0.5, 0.6) is 0 Å². The fourth-order valence-electron chi connectivity index (χ4n) is 2.18. The summed E-state index contributed by atoms with van der Waals surface area (Å²) in [5, 5.41) is 3.52. The Hall–Kier alpha value is -0.720. The van der Waals surface area contributed by atoms with E-state index in [0.29, 0.717) is 6.04 Å². The van der Waals surface area contributed by atoms with Crippen LogP contribution in [0.4, 0.5) is 0 Å². The van der Waals surface area contributed by atoms with Crippen LogP contribution in [0.1, 0.15) is 59.8 Å². The van der Waals surface area contributed by atoms with Crippen molar-refractivity contribution in [1.82, 2.24) is 5.32 Å². The molecule has 2 atom stereocenters. The lowest BCUT2D eigenvalue weighted by Gasteiger charge is -2.28. The highest BCUT2D eigenvalue weighted by Gasteiger charge is 2.19. The topological polar surface area (TPSA) is 12.0 Å². The van der Waals surface area contributed by atoms with E-state index in [2.05, 4.69) is 39.2 Å². The maximum Gasteiger partial charge on any atom is 0.0322 e. The number of nitrogens with one attached hydrogen (secondary N) is 1. The first kappa shape index (κ1) is 15.3. The molecule has 2 unspecified atom stereocenters. The van der Waals surface area contributed by atoms with Gasteiger partial charge in [-0.25, -0.2) is 0 Å². The molecule has 0 saturated heterocycles. The predicted octanol–water partition coefficient (Wildman–Crippen LogP) is 4.66. The lowest BCUT2D eigenvalue weighted by atomic mass is 9.87. The molecular weight excluding hydrogens is 194 g/mol. The highest BCUT2D eigenvalue weighted by atomic mass is 14.9. The maximum absolute atomic E-state index is 4.03. The SMILES string of the molecule is C=C(C)CC(NC(=C)C)C(CC)CCCC. The Labute approximate surface area is 102 Å². The van der Waals surface area contributed by atoms with Crippen molar-refractivity contribution in [3.63, 3.8) is 0 Å². The Morgan fingerprint density at radius 3 is 2.19 bits per heavy atom. The highest BCUT2D eigenvalue weighted by molar-refractivity contribution is 4.99. The van der Waals surface area contributed by atoms with Crippen molar-refractivity contribution in [2.75, 3.05) is 0 Å². The van der Waals surface area contributed by atoms with Crippen molar-refractivity contribution < 1.29 is 0 Å². The van der Waals surface area contributed by atoms with Crippen LogP contribution in [0, 0.1) is 5.92 Å². The van der Waals surface area contributed by atoms with Crippen LogP contribution < -0.4 is 5.32 Å². The van der Waals surface area contributed by atoms with Gasteiger partial charge in [0.15, 0.2) is 0 Å². The monoisotopic (exact) mass is 223 g/mol. The van der Waals surface area contributed by atoms with E-state index in [1.807, 2.05) is 6.92 Å². The van der Waals surface area contributed by atoms with E-state index in [0.717, 1.165) is 18.0 Å². The number of rotatable bonds is 9. The molecule has 1 heteroatoms. The molecule has 0 aromatic rings. The van der Waals surface area contributed by atoms with Crippen molar-refractivity contribution in [2.45, 2.75) is 65.8 Å². The highest BCUT2D eigenvalue weighted by Crippen LogP contribution is 2.22. The summed E-state index contributed by atoms with van der Waals surface area (Å²) in [5.74, 6) is 0.744. The molecule has 0 aliphatic rings. The molecule has 94 valence electrons. The molecule has 0 fully saturated rings. The Morgan fingerprint density at radius 2 is 1.81 bits per heavy atom. The van der Waals surface area contributed by atoms with Crippen LogP contribution in [-0.4, -0.2) is 6.04 Å². The number of hydrogen-bond acceptors (Lipinski definition) is 1. The van der Waals surface area contributed by atoms with Gasteiger partial charge in [-0.3, -0.25) is 0 Å². The van der Waals surface area contributed by atoms with Gasteiger partial charge in [0.05, 0.1) is 0 Å². The van der Waals surface area contributed by atoms with Crippen molar-refractivity contribution in [2.24, 2.45) is 5.92 Å². The third kappa shape index (κ3) is 6.71. The maximum atomic E-state index is 4.03. The summed E-state index contributed by atoms with van der Waals surface area (Å²) in [7, 11) is 0. The molecule has 0 heterocycles. The molecule has 0 amide bonds. The molecule has 1 N–H and O–H groups in total. The molecule has 0 aliphatic carbocycles. The molecule has 16 heavy (non-hydrogen) atoms. The van der Waals surface area contributed by atoms with Crippen molar-refractivity contribution in [3.05, 3.63) is 24.4 Å². The van der Waals surface area contributed by atoms with Gasteiger partial charge in [0, 0.05) is 11.7 Å². The van der Waals surface area contributed by atoms with Gasteiger partial charge < -0.3 is 5.32 Å². The molecule has 0 aliphatic heterocycles. The van der Waals surface area contributed by atoms with E-state index in [1.165, 1.54) is 31.3 Å². The van der Waals surface area contributed by atoms with Gasteiger partial charge in [-0.05, 0) is 32.6 Å². The van der Waals surface area contributed by atoms with Crippen LogP contribution in [0.2, 0.25) is 0 Å². The molecule has 0 bridgehead atoms. The fourth-order valence-corrected chi connectivity index (χ4v) is 2.18. The van der Waals surface area contributed by atoms with E-state index >= 15 is 0 Å². The summed E-state index contributed by atoms with van der Waals surface area (Å²) in [6.45, 7) is 16.7. The third-order valence-electron chi connectivity index (χ3n) is 3.02. The van der Waals surface area contributed by atoms with Crippen molar-refractivity contribution >= 4 is 0 Å². The summed E-state index contributed by atoms with van der Waals surface area (Å²) in [6.07, 6.45) is 6.21. The summed E-state index contributed by atoms with van der Waals surface area (Å²) in [6, 6.07) is 0.520. The quantitative estimate of drug-likeness (QED) is 0.561. The van der Waals surface area contributed by atoms with Gasteiger partial charge in [0.2, 0.25) is 0 Å². The van der Waals surface area contributed by atoms with Crippen LogP contribution in [0.3, 0.4) is 0 Å². The van der Waals surface area contributed by atoms with Gasteiger partial charge >= 0.3 is 0 Å². The minimum Gasteiger partial charge on any atom is -0.386 e. The number of hydrogen-bond donors (Lipinski definition) is 1. The third-order valence-corrected chi connectivity index (χ3v) is 3.02. The fraction of sp³-hybridized carbons (Fsp3) is 0.733. The van der Waals surface area contributed by atoms with Gasteiger partial charge in [0.25, 0.3) is 0 Å². The molecule has 1 nitrogen and oxygen atoms in total. The smallest absolute Gasteiger partial charge is 0.0322 e. The van der Waals surface area contributed by atoms with Crippen LogP contribution in [-0.2, 0) is 0 Å². The second-order valence-electron chi connectivity index (χ2n) is 5.00. The van der Waals surface area contributed by atoms with Crippen LogP contribution in [0.25, 0.3) is 0 Å². The minimum absolute atomic E-state index is 0.520. The number of unbranched alkanes of at least 4 members (excludes halogenated alkanes) is 1. The normalized spacial score (nSPS) is 14.2. The van der Waals surface area contributed by atoms with Crippen molar-refractivity contribution in [1.29, 1.82) is 0 Å². The van der Waals surface area contributed by atoms with Crippen LogP contribution >= 0.6 is 0 Å². The Kier molecular flexibility index (Phi) is 8.05. The average Bonchev–Trinajstić information content (AvgIpc) is 2.16. The molecule has 0 spiro atoms. The van der Waals surface area contributed by atoms with Crippen molar-refractivity contribution in [3.8, 4) is 0 Å². The second kappa shape index (κ2) is 8.43. The standard InChI is InChI=1S/C15H29N/c1-7-9-10-14(8-2)15(11-12(3)4)16-13(5)6/h14-16H,3,5,7-11H2,1-2,4,6H3. The molecule has 0 aromatic carbocycles. The average molecular weight is 223 g/mol. The Morgan fingerprint density at radius 1 is 1.19 bits per heavy atom. The Balaban J connectivity index is 4.41. The predicted molar refractivity (Wildman–Crippen MR) is 74.5 cm³/mol. The van der Waals surface area contributed by atoms with Gasteiger partial charge in [-0.15, -0.1) is 6.58 Å². The first-order valence-electron chi connectivity index (χ1n) is 6.57. The molecular formula is C15H29N. The summed E-state index contributed by atoms with van der Waals surface area (Å²) in [4.78, 5) is 0. The zero-order valence-electron chi connectivity index (χ0n) is 11.6.